The maximum absolute atomic E-state index is 12.9. The molecule has 1 atom stereocenters. The highest BCUT2D eigenvalue weighted by atomic mass is 16.6. The standard InChI is InChI=1S/C67H122O6/c1-4-7-10-13-16-19-22-25-27-29-30-31-32-33-34-35-36-37-38-39-41-42-45-48-51-54-57-60-66(69)72-63-64(62-71-65(68)59-56-53-50-47-44-24-21-18-15-12-9-6-3)73-67(70)61-58-55-52-49-46-43-40-28-26-23-20-17-14-11-8-5-2/h20,22-23,25,28-30,40,64H,4-19,21,24,26-27,31-39,41-63H2,1-3H3/b23-20-,25-22-,30-29-,40-28-. The lowest BCUT2D eigenvalue weighted by Crippen LogP contribution is -2.30. The van der Waals surface area contributed by atoms with Gasteiger partial charge < -0.3 is 14.2 Å². The Labute approximate surface area is 454 Å². The lowest BCUT2D eigenvalue weighted by Gasteiger charge is -2.18. The quantitative estimate of drug-likeness (QED) is 0.0261. The van der Waals surface area contributed by atoms with Crippen LogP contribution in [0.4, 0.5) is 0 Å². The second-order valence-electron chi connectivity index (χ2n) is 21.7. The number of carbonyl (C=O) groups is 3. The molecule has 0 fully saturated rings. The number of hydrogen-bond donors (Lipinski definition) is 0. The van der Waals surface area contributed by atoms with Crippen LogP contribution in [0.3, 0.4) is 0 Å². The summed E-state index contributed by atoms with van der Waals surface area (Å²) in [5.74, 6) is -0.870. The fourth-order valence-electron chi connectivity index (χ4n) is 9.45. The number of allylic oxidation sites excluding steroid dienone is 8. The van der Waals surface area contributed by atoms with E-state index in [1.54, 1.807) is 0 Å². The van der Waals surface area contributed by atoms with Crippen LogP contribution in [-0.4, -0.2) is 37.2 Å². The minimum absolute atomic E-state index is 0.0747. The van der Waals surface area contributed by atoms with Gasteiger partial charge in [-0.1, -0.05) is 288 Å². The van der Waals surface area contributed by atoms with Crippen molar-refractivity contribution in [3.8, 4) is 0 Å². The number of esters is 3. The molecule has 0 aromatic heterocycles. The van der Waals surface area contributed by atoms with Crippen LogP contribution >= 0.6 is 0 Å². The first-order chi connectivity index (χ1) is 36.0. The van der Waals surface area contributed by atoms with Crippen molar-refractivity contribution in [2.24, 2.45) is 0 Å². The van der Waals surface area contributed by atoms with Gasteiger partial charge in [-0.2, -0.15) is 0 Å². The molecule has 0 rings (SSSR count). The van der Waals surface area contributed by atoms with Gasteiger partial charge in [0, 0.05) is 19.3 Å². The minimum Gasteiger partial charge on any atom is -0.462 e. The van der Waals surface area contributed by atoms with Gasteiger partial charge in [0.1, 0.15) is 13.2 Å². The summed E-state index contributed by atoms with van der Waals surface area (Å²) in [4.78, 5) is 38.2. The summed E-state index contributed by atoms with van der Waals surface area (Å²) in [5, 5.41) is 0. The summed E-state index contributed by atoms with van der Waals surface area (Å²) >= 11 is 0. The van der Waals surface area contributed by atoms with E-state index >= 15 is 0 Å². The van der Waals surface area contributed by atoms with E-state index in [-0.39, 0.29) is 31.1 Å². The van der Waals surface area contributed by atoms with Gasteiger partial charge in [-0.05, 0) is 83.5 Å². The number of unbranched alkanes of at least 4 members (excludes halogenated alkanes) is 40. The zero-order chi connectivity index (χ0) is 52.9. The van der Waals surface area contributed by atoms with Crippen LogP contribution in [0.15, 0.2) is 48.6 Å². The first kappa shape index (κ1) is 70.4. The van der Waals surface area contributed by atoms with Crippen LogP contribution in [0.2, 0.25) is 0 Å². The highest BCUT2D eigenvalue weighted by molar-refractivity contribution is 5.71. The predicted molar refractivity (Wildman–Crippen MR) is 316 cm³/mol. The molecule has 0 amide bonds. The van der Waals surface area contributed by atoms with E-state index in [4.69, 9.17) is 14.2 Å². The summed E-state index contributed by atoms with van der Waals surface area (Å²) in [6.07, 6.45) is 76.9. The zero-order valence-electron chi connectivity index (χ0n) is 48.9. The molecule has 1 unspecified atom stereocenters. The molecule has 0 radical (unpaired) electrons. The van der Waals surface area contributed by atoms with Gasteiger partial charge in [-0.15, -0.1) is 0 Å². The molecule has 0 spiro atoms. The van der Waals surface area contributed by atoms with Crippen LogP contribution in [0.25, 0.3) is 0 Å². The second-order valence-corrected chi connectivity index (χ2v) is 21.7. The van der Waals surface area contributed by atoms with E-state index in [9.17, 15) is 14.4 Å². The second kappa shape index (κ2) is 61.9. The van der Waals surface area contributed by atoms with Gasteiger partial charge in [0.15, 0.2) is 6.10 Å². The topological polar surface area (TPSA) is 78.9 Å². The van der Waals surface area contributed by atoms with E-state index in [2.05, 4.69) is 69.4 Å². The van der Waals surface area contributed by atoms with Crippen molar-refractivity contribution in [3.05, 3.63) is 48.6 Å². The maximum Gasteiger partial charge on any atom is 0.306 e. The van der Waals surface area contributed by atoms with Gasteiger partial charge in [-0.3, -0.25) is 14.4 Å². The molecule has 0 saturated carbocycles. The SMILES string of the molecule is CCCCCC/C=C\C/C=C\CCCCCCCC(=O)OC(COC(=O)CCCCCCCCCCCCCC)COC(=O)CCCCCCCCCCCCCCCCC/C=C\C/C=C\CCCCCCC. The molecule has 0 heterocycles. The summed E-state index contributed by atoms with van der Waals surface area (Å²) < 4.78 is 16.9. The Morgan fingerprint density at radius 2 is 0.493 bits per heavy atom. The molecular weight excluding hydrogens is 901 g/mol. The van der Waals surface area contributed by atoms with E-state index in [0.29, 0.717) is 19.3 Å². The normalized spacial score (nSPS) is 12.3. The molecule has 0 aliphatic rings. The first-order valence-corrected chi connectivity index (χ1v) is 32.1. The first-order valence-electron chi connectivity index (χ1n) is 32.1. The Morgan fingerprint density at radius 1 is 0.274 bits per heavy atom. The van der Waals surface area contributed by atoms with Crippen molar-refractivity contribution in [3.63, 3.8) is 0 Å². The fourth-order valence-corrected chi connectivity index (χ4v) is 9.45. The molecule has 0 aromatic carbocycles. The smallest absolute Gasteiger partial charge is 0.306 e. The van der Waals surface area contributed by atoms with Gasteiger partial charge in [0.05, 0.1) is 0 Å². The maximum atomic E-state index is 12.9. The summed E-state index contributed by atoms with van der Waals surface area (Å²) in [5.41, 5.74) is 0. The molecule has 0 aromatic rings. The lowest BCUT2D eigenvalue weighted by atomic mass is 10.0. The van der Waals surface area contributed by atoms with E-state index < -0.39 is 6.10 Å². The Balaban J connectivity index is 4.21. The van der Waals surface area contributed by atoms with Crippen LogP contribution in [-0.2, 0) is 28.6 Å². The Kier molecular flexibility index (Phi) is 59.7. The third-order valence-corrected chi connectivity index (χ3v) is 14.3. The van der Waals surface area contributed by atoms with E-state index in [0.717, 1.165) is 89.9 Å². The monoisotopic (exact) mass is 1020 g/mol. The molecule has 73 heavy (non-hydrogen) atoms. The van der Waals surface area contributed by atoms with Crippen molar-refractivity contribution in [2.75, 3.05) is 13.2 Å². The van der Waals surface area contributed by atoms with Crippen molar-refractivity contribution < 1.29 is 28.6 Å². The van der Waals surface area contributed by atoms with Gasteiger partial charge in [0.2, 0.25) is 0 Å². The average molecular weight is 1020 g/mol. The Hall–Kier alpha value is -2.63. The van der Waals surface area contributed by atoms with E-state index in [1.165, 1.54) is 212 Å². The van der Waals surface area contributed by atoms with Gasteiger partial charge >= 0.3 is 17.9 Å². The summed E-state index contributed by atoms with van der Waals surface area (Å²) in [6.45, 7) is 6.64. The number of hydrogen-bond acceptors (Lipinski definition) is 6. The Morgan fingerprint density at radius 3 is 0.767 bits per heavy atom. The third-order valence-electron chi connectivity index (χ3n) is 14.3. The molecule has 0 bridgehead atoms. The number of carbonyl (C=O) groups excluding carboxylic acids is 3. The van der Waals surface area contributed by atoms with Crippen LogP contribution in [0, 0.1) is 0 Å². The van der Waals surface area contributed by atoms with Gasteiger partial charge in [-0.25, -0.2) is 0 Å². The molecule has 6 heteroatoms. The van der Waals surface area contributed by atoms with Crippen molar-refractivity contribution in [1.29, 1.82) is 0 Å². The highest BCUT2D eigenvalue weighted by Crippen LogP contribution is 2.17. The largest absolute Gasteiger partial charge is 0.462 e. The predicted octanol–water partition coefficient (Wildman–Crippen LogP) is 21.8. The van der Waals surface area contributed by atoms with E-state index in [1.807, 2.05) is 0 Å². The molecular formula is C67H122O6. The summed E-state index contributed by atoms with van der Waals surface area (Å²) in [7, 11) is 0. The van der Waals surface area contributed by atoms with Crippen LogP contribution in [0.1, 0.15) is 342 Å². The lowest BCUT2D eigenvalue weighted by molar-refractivity contribution is -0.167. The number of ether oxygens (including phenoxy) is 3. The third kappa shape index (κ3) is 60.1. The molecule has 6 nitrogen and oxygen atoms in total. The average Bonchev–Trinajstić information content (AvgIpc) is 3.39. The molecule has 0 saturated heterocycles. The zero-order valence-corrected chi connectivity index (χ0v) is 48.9. The highest BCUT2D eigenvalue weighted by Gasteiger charge is 2.19. The fraction of sp³-hybridized carbons (Fsp3) is 0.836. The van der Waals surface area contributed by atoms with Gasteiger partial charge in [0.25, 0.3) is 0 Å². The van der Waals surface area contributed by atoms with Crippen LogP contribution in [0.5, 0.6) is 0 Å². The van der Waals surface area contributed by atoms with Crippen LogP contribution < -0.4 is 0 Å². The van der Waals surface area contributed by atoms with Crippen molar-refractivity contribution in [1.82, 2.24) is 0 Å². The minimum atomic E-state index is -0.778. The Bertz CT molecular complexity index is 1270. The van der Waals surface area contributed by atoms with Crippen molar-refractivity contribution in [2.45, 2.75) is 348 Å². The molecule has 426 valence electrons. The molecule has 0 aliphatic carbocycles. The summed E-state index contributed by atoms with van der Waals surface area (Å²) in [6, 6.07) is 0. The molecule has 0 aliphatic heterocycles. The molecule has 0 N–H and O–H groups in total. The van der Waals surface area contributed by atoms with Crippen molar-refractivity contribution >= 4 is 17.9 Å². The number of rotatable bonds is 59.